The van der Waals surface area contributed by atoms with Gasteiger partial charge in [-0.2, -0.15) is 0 Å². The maximum atomic E-state index is 11.8. The number of nitrogens with one attached hydrogen (secondary N) is 1. The summed E-state index contributed by atoms with van der Waals surface area (Å²) < 4.78 is 54.5. The van der Waals surface area contributed by atoms with Crippen LogP contribution >= 0.6 is 0 Å². The van der Waals surface area contributed by atoms with Gasteiger partial charge in [0.15, 0.2) is 0 Å². The Labute approximate surface area is 197 Å². The molecule has 0 aliphatic rings. The van der Waals surface area contributed by atoms with Gasteiger partial charge in [-0.25, -0.2) is 16.8 Å². The first-order valence-electron chi connectivity index (χ1n) is 9.25. The van der Waals surface area contributed by atoms with E-state index in [0.29, 0.717) is 23.6 Å². The molecule has 34 heavy (non-hydrogen) atoms. The molecular formula is C21H22N3O8S2-3. The average Bonchev–Trinajstić information content (AvgIpc) is 2.69. The Balaban J connectivity index is 0.000000489. The number of hydrogen-bond acceptors (Lipinski definition) is 10. The van der Waals surface area contributed by atoms with Gasteiger partial charge in [0.1, 0.15) is 5.84 Å². The van der Waals surface area contributed by atoms with Crippen molar-refractivity contribution in [2.75, 3.05) is 12.5 Å². The smallest absolute Gasteiger partial charge is 0.123 e. The molecule has 5 N–H and O–H groups in total. The lowest BCUT2D eigenvalue weighted by Gasteiger charge is -2.18. The van der Waals surface area contributed by atoms with Crippen molar-refractivity contribution in [2.24, 2.45) is 11.5 Å². The van der Waals surface area contributed by atoms with Crippen molar-refractivity contribution in [3.8, 4) is 11.1 Å². The molecule has 0 spiro atoms. The van der Waals surface area contributed by atoms with Gasteiger partial charge in [0.2, 0.25) is 0 Å². The number of rotatable bonds is 4. The van der Waals surface area contributed by atoms with Gasteiger partial charge in [-0.15, -0.1) is 0 Å². The number of fused-ring (bicyclic) bond motifs is 1. The van der Waals surface area contributed by atoms with E-state index in [2.05, 4.69) is 0 Å². The molecule has 11 nitrogen and oxygen atoms in total. The van der Waals surface area contributed by atoms with Crippen LogP contribution in [-0.2, 0) is 26.8 Å². The zero-order chi connectivity index (χ0) is 26.3. The number of carbonyl (C=O) groups excluding carboxylic acids is 1. The minimum atomic E-state index is -3.92. The van der Waals surface area contributed by atoms with Gasteiger partial charge in [0, 0.05) is 30.2 Å². The fourth-order valence-corrected chi connectivity index (χ4v) is 2.92. The van der Waals surface area contributed by atoms with Crippen LogP contribution in [-0.4, -0.2) is 50.3 Å². The molecule has 184 valence electrons. The SMILES string of the molecule is CS(=O)(=O)[O-].CS(=O)(=O)[O-].N=C(N)c1cc(CN)cc(-c2cccc3ccccc23)c1C(=O)[O-]. The molecule has 0 saturated heterocycles. The Kier molecular flexibility index (Phi) is 9.84. The second kappa shape index (κ2) is 11.7. The van der Waals surface area contributed by atoms with E-state index in [1.54, 1.807) is 6.07 Å². The maximum absolute atomic E-state index is 11.8. The highest BCUT2D eigenvalue weighted by Crippen LogP contribution is 2.33. The predicted molar refractivity (Wildman–Crippen MR) is 124 cm³/mol. The summed E-state index contributed by atoms with van der Waals surface area (Å²) in [7, 11) is -7.83. The lowest BCUT2D eigenvalue weighted by Crippen LogP contribution is -2.28. The van der Waals surface area contributed by atoms with Gasteiger partial charge in [0.05, 0.1) is 26.2 Å². The van der Waals surface area contributed by atoms with Crippen molar-refractivity contribution in [1.29, 1.82) is 5.41 Å². The highest BCUT2D eigenvalue weighted by Gasteiger charge is 2.16. The molecule has 0 aromatic heterocycles. The van der Waals surface area contributed by atoms with Crippen LogP contribution in [0.4, 0.5) is 0 Å². The summed E-state index contributed by atoms with van der Waals surface area (Å²) in [6.07, 6.45) is 1.21. The number of carbonyl (C=O) groups is 1. The third-order valence-electron chi connectivity index (χ3n) is 4.01. The van der Waals surface area contributed by atoms with Gasteiger partial charge in [-0.05, 0) is 39.6 Å². The number of benzene rings is 3. The molecular weight excluding hydrogens is 486 g/mol. The number of nitrogens with two attached hydrogens (primary N) is 2. The summed E-state index contributed by atoms with van der Waals surface area (Å²) in [6, 6.07) is 16.6. The van der Waals surface area contributed by atoms with Crippen LogP contribution in [0.1, 0.15) is 21.5 Å². The highest BCUT2D eigenvalue weighted by molar-refractivity contribution is 7.85. The normalized spacial score (nSPS) is 11.0. The minimum Gasteiger partial charge on any atom is -0.748 e. The predicted octanol–water partition coefficient (Wildman–Crippen LogP) is -0.0641. The van der Waals surface area contributed by atoms with E-state index in [1.807, 2.05) is 42.5 Å². The van der Waals surface area contributed by atoms with Crippen LogP contribution in [0.3, 0.4) is 0 Å². The van der Waals surface area contributed by atoms with E-state index in [9.17, 15) is 9.90 Å². The Hall–Kier alpha value is -3.36. The topological polar surface area (TPSA) is 230 Å². The van der Waals surface area contributed by atoms with Crippen molar-refractivity contribution in [3.05, 3.63) is 71.3 Å². The zero-order valence-electron chi connectivity index (χ0n) is 18.1. The number of carboxylic acid groups (broad SMARTS) is 1. The van der Waals surface area contributed by atoms with Crippen LogP contribution in [0.2, 0.25) is 0 Å². The summed E-state index contributed by atoms with van der Waals surface area (Å²) in [4.78, 5) is 11.8. The summed E-state index contributed by atoms with van der Waals surface area (Å²) >= 11 is 0. The summed E-state index contributed by atoms with van der Waals surface area (Å²) in [5.41, 5.74) is 13.3. The first-order chi connectivity index (χ1) is 15.5. The molecule has 0 fully saturated rings. The number of carboxylic acids is 1. The van der Waals surface area contributed by atoms with Crippen LogP contribution < -0.4 is 16.6 Å². The average molecular weight is 509 g/mol. The molecule has 0 unspecified atom stereocenters. The number of aromatic carboxylic acids is 1. The largest absolute Gasteiger partial charge is 0.748 e. The van der Waals surface area contributed by atoms with E-state index >= 15 is 0 Å². The van der Waals surface area contributed by atoms with Gasteiger partial charge in [-0.1, -0.05) is 42.5 Å². The molecule has 3 aromatic carbocycles. The third-order valence-corrected chi connectivity index (χ3v) is 4.01. The van der Waals surface area contributed by atoms with Crippen molar-refractivity contribution in [2.45, 2.75) is 6.54 Å². The summed E-state index contributed by atoms with van der Waals surface area (Å²) in [5.74, 6) is -1.70. The molecule has 0 radical (unpaired) electrons. The quantitative estimate of drug-likeness (QED) is 0.241. The lowest BCUT2D eigenvalue weighted by molar-refractivity contribution is -0.254. The Morgan fingerprint density at radius 3 is 1.88 bits per heavy atom. The summed E-state index contributed by atoms with van der Waals surface area (Å²) in [5, 5.41) is 21.4. The van der Waals surface area contributed by atoms with E-state index in [0.717, 1.165) is 16.3 Å². The Morgan fingerprint density at radius 1 is 0.912 bits per heavy atom. The van der Waals surface area contributed by atoms with Gasteiger partial charge >= 0.3 is 0 Å². The first kappa shape index (κ1) is 28.7. The lowest BCUT2D eigenvalue weighted by atomic mass is 9.89. The van der Waals surface area contributed by atoms with Crippen LogP contribution in [0, 0.1) is 5.41 Å². The van der Waals surface area contributed by atoms with Crippen LogP contribution in [0.5, 0.6) is 0 Å². The highest BCUT2D eigenvalue weighted by atomic mass is 32.2. The molecule has 0 aliphatic heterocycles. The molecule has 0 bridgehead atoms. The van der Waals surface area contributed by atoms with Crippen molar-refractivity contribution >= 4 is 42.8 Å². The number of nitrogen functional groups attached to an aromatic ring is 1. The first-order valence-corrected chi connectivity index (χ1v) is 12.9. The molecule has 13 heteroatoms. The number of hydrogen-bond donors (Lipinski definition) is 3. The Bertz CT molecular complexity index is 1370. The molecule has 3 aromatic rings. The third kappa shape index (κ3) is 9.64. The fourth-order valence-electron chi connectivity index (χ4n) is 2.92. The van der Waals surface area contributed by atoms with Crippen molar-refractivity contribution < 1.29 is 35.8 Å². The van der Waals surface area contributed by atoms with Gasteiger partial charge in [-0.3, -0.25) is 5.41 Å². The molecule has 3 rings (SSSR count). The molecule has 0 heterocycles. The Morgan fingerprint density at radius 2 is 1.41 bits per heavy atom. The molecule has 0 atom stereocenters. The second-order valence-electron chi connectivity index (χ2n) is 6.91. The van der Waals surface area contributed by atoms with E-state index in [1.165, 1.54) is 6.07 Å². The van der Waals surface area contributed by atoms with Crippen molar-refractivity contribution in [3.63, 3.8) is 0 Å². The van der Waals surface area contributed by atoms with Gasteiger partial charge < -0.3 is 30.5 Å². The van der Waals surface area contributed by atoms with E-state index in [-0.39, 0.29) is 23.5 Å². The molecule has 0 amide bonds. The van der Waals surface area contributed by atoms with E-state index in [4.69, 9.17) is 42.8 Å². The standard InChI is InChI=1S/C19H17N3O2.2CH4O3S/c20-10-11-8-15(17(19(23)24)16(9-11)18(21)22)14-7-3-5-12-4-1-2-6-13(12)14;2*1-5(2,3)4/h1-9H,10,20H2,(H3,21,22)(H,23,24);2*1H3,(H,2,3,4)/p-3. The van der Waals surface area contributed by atoms with E-state index < -0.39 is 26.2 Å². The zero-order valence-corrected chi connectivity index (χ0v) is 19.8. The second-order valence-corrected chi connectivity index (χ2v) is 9.72. The molecule has 0 aliphatic carbocycles. The molecule has 0 saturated carbocycles. The van der Waals surface area contributed by atoms with Gasteiger partial charge in [0.25, 0.3) is 0 Å². The minimum absolute atomic E-state index is 0.0870. The number of amidine groups is 1. The summed E-state index contributed by atoms with van der Waals surface area (Å²) in [6.45, 7) is 0.214. The maximum Gasteiger partial charge on any atom is 0.123 e. The van der Waals surface area contributed by atoms with Crippen LogP contribution in [0.15, 0.2) is 54.6 Å². The fraction of sp³-hybridized carbons (Fsp3) is 0.143. The monoisotopic (exact) mass is 508 g/mol. The van der Waals surface area contributed by atoms with Crippen LogP contribution in [0.25, 0.3) is 21.9 Å². The van der Waals surface area contributed by atoms with Crippen molar-refractivity contribution in [1.82, 2.24) is 0 Å².